The predicted molar refractivity (Wildman–Crippen MR) is 541 cm³/mol. The monoisotopic (exact) mass is 2710 g/mol. The summed E-state index contributed by atoms with van der Waals surface area (Å²) in [5, 5.41) is 16.7. The maximum Gasteiger partial charge on any atom is 0.0907 e. The summed E-state index contributed by atoms with van der Waals surface area (Å²) < 4.78 is 15.6. The minimum atomic E-state index is -0.270. The van der Waals surface area contributed by atoms with Gasteiger partial charge in [0, 0.05) is 178 Å². The molecule has 8 nitrogen and oxygen atoms in total. The second-order valence-electron chi connectivity index (χ2n) is 29.9. The number of halogens is 2. The Kier molecular flexibility index (Phi) is 38.6. The number of nitrogens with zero attached hydrogens (tertiary/aromatic N) is 8. The molecule has 16 aromatic carbocycles. The predicted octanol–water partition coefficient (Wildman–Crippen LogP) is 30.8. The van der Waals surface area contributed by atoms with E-state index in [2.05, 4.69) is 233 Å². The molecule has 0 fully saturated rings. The molecule has 0 N–H and O–H groups in total. The van der Waals surface area contributed by atoms with Crippen molar-refractivity contribution >= 4 is 102 Å². The maximum atomic E-state index is 14.5. The van der Waals surface area contributed by atoms with Gasteiger partial charge in [-0.1, -0.05) is 248 Å². The van der Waals surface area contributed by atoms with E-state index in [0.29, 0.717) is 11.3 Å². The summed E-state index contributed by atoms with van der Waals surface area (Å²) in [7, 11) is 0. The van der Waals surface area contributed by atoms with Gasteiger partial charge >= 0.3 is 0 Å². The largest absolute Gasteiger partial charge is 0.305 e. The first-order valence-electron chi connectivity index (χ1n) is 42.7. The fourth-order valence-corrected chi connectivity index (χ4v) is 15.9. The number of para-hydroxylation sites is 1. The minimum Gasteiger partial charge on any atom is -0.305 e. The Morgan fingerprint density at radius 2 is 0.603 bits per heavy atom. The van der Waals surface area contributed by atoms with Crippen molar-refractivity contribution in [2.75, 3.05) is 0 Å². The summed E-state index contributed by atoms with van der Waals surface area (Å²) >= 11 is 3.56. The third-order valence-electron chi connectivity index (χ3n) is 21.6. The van der Waals surface area contributed by atoms with Crippen molar-refractivity contribution in [1.29, 1.82) is 0 Å². The number of aryl methyl sites for hydroxylation is 1. The summed E-state index contributed by atoms with van der Waals surface area (Å²) in [5.74, 6) is -0.270. The van der Waals surface area contributed by atoms with E-state index in [1.165, 1.54) is 49.5 Å². The first-order chi connectivity index (χ1) is 64.8. The normalized spacial score (nSPS) is 10.2. The van der Waals surface area contributed by atoms with Crippen LogP contribution in [-0.4, -0.2) is 39.9 Å². The van der Waals surface area contributed by atoms with Crippen molar-refractivity contribution in [3.63, 3.8) is 0 Å². The van der Waals surface area contributed by atoms with Crippen LogP contribution in [0.4, 0.5) is 4.39 Å². The third kappa shape index (κ3) is 25.5. The van der Waals surface area contributed by atoms with E-state index < -0.39 is 0 Å². The van der Waals surface area contributed by atoms with E-state index in [0.717, 1.165) is 132 Å². The topological polar surface area (TPSA) is 103 Å². The SMILES string of the molecule is Brc1cc[c-]c2c(-c3ccccn3)cccc12.Cc1ccc2ccc[c-]c2c1-c1ccccn1.Fc1ccc2ccc[c-]c2c1-c1nccc2ccccc12.[Ir].[Ir].[Ir].[Ir].[Ir].[c-]1ccc2ccccc2c1-c1cccc2cccnc12.[c-]1cccc2cccc(-c3ccccn3)c12.[c-]1ccccc1-c1ccccn1.[c-]1ccccc1-c1ccccn1.[c-]1ccccc1-c1nccc2ccccc12. The standard InChI is InChI=1S/C19H11FN.C19H12N.C16H12N.C15H9BrN.2C15H10N.2C11H8N.5Ir/c20-17-10-9-13-5-1-3-7-15(13)18(17)19-16-8-4-2-6-14(16)11-12-21-19;1-2-10-16-14(6-1)7-3-11-17(16)18-12-4-8-15-9-5-13-20-19(15)18;1-12-9-10-13-6-2-3-7-14(13)16(12)15-8-4-5-11-17-15;16-14-8-4-5-11-12(14)6-3-7-13(11)15-9-1-2-10-17-15;1-2-8-13-12(6-1)7-5-9-14(13)15-10-3-4-11-16-15;1-2-7-13(8-3-1)15-14-9-5-4-6-12(14)10-11-16-15;2*1-2-6-10(7-3-1)11-8-4-5-9-12-11;;;;;/h1-6,8-12H;1-10,12-13H;2-6,8-11H,1H3;1-4,6-10H;2*1-7,9-11H;2*1-6,8-9H;;;;;/q8*-1;;;;;. The molecule has 0 amide bonds. The van der Waals surface area contributed by atoms with Crippen LogP contribution in [0.15, 0.2) is 473 Å². The van der Waals surface area contributed by atoms with Gasteiger partial charge in [-0.25, -0.2) is 4.39 Å². The van der Waals surface area contributed by atoms with Crippen LogP contribution in [0.3, 0.4) is 0 Å². The maximum absolute atomic E-state index is 14.5. The molecular formula is C121H80BrFIr5N8-8. The van der Waals surface area contributed by atoms with Gasteiger partial charge in [0.15, 0.2) is 0 Å². The van der Waals surface area contributed by atoms with Crippen LogP contribution in [-0.2, 0) is 101 Å². The van der Waals surface area contributed by atoms with E-state index in [-0.39, 0.29) is 106 Å². The zero-order valence-electron chi connectivity index (χ0n) is 73.0. The van der Waals surface area contributed by atoms with Crippen molar-refractivity contribution in [2.24, 2.45) is 0 Å². The number of aromatic nitrogens is 8. The molecule has 0 aliphatic carbocycles. The number of rotatable bonds is 8. The molecule has 8 heterocycles. The molecule has 671 valence electrons. The van der Waals surface area contributed by atoms with Crippen LogP contribution >= 0.6 is 15.9 Å². The Hall–Kier alpha value is -13.5. The van der Waals surface area contributed by atoms with Crippen molar-refractivity contribution in [3.8, 4) is 89.9 Å². The first kappa shape index (κ1) is 101. The molecular weight excluding hydrogens is 2630 g/mol. The second kappa shape index (κ2) is 51.8. The molecule has 0 spiro atoms. The van der Waals surface area contributed by atoms with E-state index in [1.54, 1.807) is 30.7 Å². The number of hydrogen-bond acceptors (Lipinski definition) is 8. The van der Waals surface area contributed by atoms with Gasteiger partial charge in [-0.05, 0) is 129 Å². The molecule has 5 radical (unpaired) electrons. The van der Waals surface area contributed by atoms with Gasteiger partial charge < -0.3 is 15.0 Å². The molecule has 8 aromatic heterocycles. The minimum absolute atomic E-state index is 0. The third-order valence-corrected chi connectivity index (χ3v) is 22.3. The van der Waals surface area contributed by atoms with Crippen molar-refractivity contribution < 1.29 is 105 Å². The Morgan fingerprint density at radius 1 is 0.221 bits per heavy atom. The van der Waals surface area contributed by atoms with Crippen molar-refractivity contribution in [2.45, 2.75) is 6.92 Å². The Labute approximate surface area is 867 Å². The number of fused-ring (bicyclic) bond motifs is 8. The Balaban J connectivity index is 0.000000140. The number of hydrogen-bond donors (Lipinski definition) is 0. The molecule has 24 aromatic rings. The van der Waals surface area contributed by atoms with E-state index in [9.17, 15) is 4.39 Å². The molecule has 0 atom stereocenters. The van der Waals surface area contributed by atoms with Crippen LogP contribution in [0, 0.1) is 61.3 Å². The zero-order chi connectivity index (χ0) is 89.0. The number of pyridine rings is 8. The average molecular weight is 2710 g/mol. The van der Waals surface area contributed by atoms with Gasteiger partial charge in [-0.2, -0.15) is 0 Å². The zero-order valence-corrected chi connectivity index (χ0v) is 86.5. The molecule has 24 rings (SSSR count). The van der Waals surface area contributed by atoms with Crippen LogP contribution in [0.25, 0.3) is 176 Å². The summed E-state index contributed by atoms with van der Waals surface area (Å²) in [5.41, 5.74) is 18.2. The fraction of sp³-hybridized carbons (Fsp3) is 0.00826. The smallest absolute Gasteiger partial charge is 0.0907 e. The second-order valence-corrected chi connectivity index (χ2v) is 30.8. The van der Waals surface area contributed by atoms with E-state index in [4.69, 9.17) is 0 Å². The summed E-state index contributed by atoms with van der Waals surface area (Å²) in [6.45, 7) is 2.12. The molecule has 0 saturated carbocycles. The van der Waals surface area contributed by atoms with E-state index in [1.807, 2.05) is 310 Å². The molecule has 0 aliphatic rings. The molecule has 0 saturated heterocycles. The van der Waals surface area contributed by atoms with Crippen molar-refractivity contribution in [3.05, 3.63) is 533 Å². The van der Waals surface area contributed by atoms with Gasteiger partial charge in [0.25, 0.3) is 0 Å². The van der Waals surface area contributed by atoms with Crippen LogP contribution in [0.2, 0.25) is 0 Å². The van der Waals surface area contributed by atoms with Gasteiger partial charge in [0.05, 0.1) is 5.82 Å². The van der Waals surface area contributed by atoms with Crippen LogP contribution in [0.5, 0.6) is 0 Å². The summed E-state index contributed by atoms with van der Waals surface area (Å²) in [6, 6.07) is 164. The first-order valence-corrected chi connectivity index (χ1v) is 43.5. The fourth-order valence-electron chi connectivity index (χ4n) is 15.4. The van der Waals surface area contributed by atoms with Gasteiger partial charge in [0.1, 0.15) is 0 Å². The van der Waals surface area contributed by atoms with Gasteiger partial charge in [0.2, 0.25) is 0 Å². The van der Waals surface area contributed by atoms with Crippen LogP contribution in [0.1, 0.15) is 5.56 Å². The van der Waals surface area contributed by atoms with Crippen LogP contribution < -0.4 is 0 Å². The van der Waals surface area contributed by atoms with Crippen molar-refractivity contribution in [1.82, 2.24) is 39.9 Å². The number of benzene rings is 16. The Morgan fingerprint density at radius 3 is 1.15 bits per heavy atom. The molecule has 0 bridgehead atoms. The average Bonchev–Trinajstić information content (AvgIpc) is 0.767. The Bertz CT molecular complexity index is 7530. The molecule has 0 aliphatic heterocycles. The van der Waals surface area contributed by atoms with Gasteiger partial charge in [-0.15, -0.1) is 271 Å². The summed E-state index contributed by atoms with van der Waals surface area (Å²) in [6.07, 6.45) is 14.4. The quantitative estimate of drug-likeness (QED) is 0.139. The van der Waals surface area contributed by atoms with E-state index >= 15 is 0 Å². The molecule has 0 unspecified atom stereocenters. The molecule has 15 heteroatoms. The van der Waals surface area contributed by atoms with Gasteiger partial charge in [-0.3, -0.25) is 24.9 Å². The summed E-state index contributed by atoms with van der Waals surface area (Å²) in [4.78, 5) is 35.1. The molecule has 136 heavy (non-hydrogen) atoms.